The van der Waals surface area contributed by atoms with Gasteiger partial charge in [0.15, 0.2) is 0 Å². The normalized spacial score (nSPS) is 30.3. The Morgan fingerprint density at radius 3 is 2.33 bits per heavy atom. The Balaban J connectivity index is 2.48. The van der Waals surface area contributed by atoms with Crippen molar-refractivity contribution in [3.63, 3.8) is 0 Å². The van der Waals surface area contributed by atoms with Gasteiger partial charge in [0, 0.05) is 13.0 Å². The molecule has 0 spiro atoms. The minimum Gasteiger partial charge on any atom is -0.481 e. The number of carboxylic acids is 1. The van der Waals surface area contributed by atoms with Crippen molar-refractivity contribution in [2.75, 3.05) is 13.1 Å². The third-order valence-electron chi connectivity index (χ3n) is 4.21. The van der Waals surface area contributed by atoms with Gasteiger partial charge in [0.25, 0.3) is 0 Å². The quantitative estimate of drug-likeness (QED) is 0.703. The average molecular weight is 309 g/mol. The van der Waals surface area contributed by atoms with Gasteiger partial charge in [-0.1, -0.05) is 13.8 Å². The van der Waals surface area contributed by atoms with E-state index in [1.54, 1.807) is 0 Å². The molecule has 0 aromatic rings. The van der Waals surface area contributed by atoms with Gasteiger partial charge >= 0.3 is 12.1 Å². The molecular formula is C15H26F3NO2. The zero-order valence-electron chi connectivity index (χ0n) is 12.8. The lowest BCUT2D eigenvalue weighted by Gasteiger charge is -2.42. The predicted octanol–water partition coefficient (Wildman–Crippen LogP) is 3.84. The molecule has 1 aliphatic carbocycles. The van der Waals surface area contributed by atoms with Gasteiger partial charge in [-0.3, -0.25) is 4.79 Å². The third-order valence-corrected chi connectivity index (χ3v) is 4.21. The SMILES string of the molecule is C[C@@H]1C[C@H](C)C[C@@](CNCCCC(F)(F)F)(CC(=O)O)C1. The molecule has 1 saturated carbocycles. The summed E-state index contributed by atoms with van der Waals surface area (Å²) in [5.41, 5.74) is -0.318. The molecule has 1 aliphatic rings. The zero-order chi connectivity index (χ0) is 16.1. The summed E-state index contributed by atoms with van der Waals surface area (Å²) in [7, 11) is 0. The van der Waals surface area contributed by atoms with Crippen LogP contribution in [0.25, 0.3) is 0 Å². The van der Waals surface area contributed by atoms with Crippen LogP contribution >= 0.6 is 0 Å². The molecule has 2 N–H and O–H groups in total. The average Bonchev–Trinajstić information content (AvgIpc) is 2.23. The van der Waals surface area contributed by atoms with E-state index >= 15 is 0 Å². The first-order valence-corrected chi connectivity index (χ1v) is 7.61. The molecule has 0 heterocycles. The molecule has 3 atom stereocenters. The molecule has 0 unspecified atom stereocenters. The van der Waals surface area contributed by atoms with E-state index in [9.17, 15) is 18.0 Å². The highest BCUT2D eigenvalue weighted by molar-refractivity contribution is 5.67. The molecule has 0 bridgehead atoms. The highest BCUT2D eigenvalue weighted by Gasteiger charge is 2.39. The molecule has 6 heteroatoms. The highest BCUT2D eigenvalue weighted by Crippen LogP contribution is 2.44. The molecule has 124 valence electrons. The lowest BCUT2D eigenvalue weighted by atomic mass is 9.64. The van der Waals surface area contributed by atoms with Crippen molar-refractivity contribution in [3.05, 3.63) is 0 Å². The van der Waals surface area contributed by atoms with E-state index in [2.05, 4.69) is 19.2 Å². The van der Waals surface area contributed by atoms with Gasteiger partial charge < -0.3 is 10.4 Å². The number of hydrogen-bond donors (Lipinski definition) is 2. The molecule has 0 aromatic heterocycles. The second kappa shape index (κ2) is 7.47. The molecule has 21 heavy (non-hydrogen) atoms. The van der Waals surface area contributed by atoms with Crippen LogP contribution in [0.3, 0.4) is 0 Å². The summed E-state index contributed by atoms with van der Waals surface area (Å²) in [6.45, 7) is 5.02. The van der Waals surface area contributed by atoms with Crippen LogP contribution in [0, 0.1) is 17.3 Å². The van der Waals surface area contributed by atoms with Crippen molar-refractivity contribution < 1.29 is 23.1 Å². The fraction of sp³-hybridized carbons (Fsp3) is 0.933. The van der Waals surface area contributed by atoms with Crippen LogP contribution in [0.1, 0.15) is 52.4 Å². The number of aliphatic carboxylic acids is 1. The van der Waals surface area contributed by atoms with E-state index in [0.717, 1.165) is 19.3 Å². The summed E-state index contributed by atoms with van der Waals surface area (Å²) in [5.74, 6) is 0.101. The number of nitrogens with one attached hydrogen (secondary N) is 1. The number of hydrogen-bond acceptors (Lipinski definition) is 2. The summed E-state index contributed by atoms with van der Waals surface area (Å²) in [5, 5.41) is 12.2. The lowest BCUT2D eigenvalue weighted by molar-refractivity contribution is -0.140. The smallest absolute Gasteiger partial charge is 0.389 e. The van der Waals surface area contributed by atoms with Crippen molar-refractivity contribution >= 4 is 5.97 Å². The molecule has 0 aliphatic heterocycles. The predicted molar refractivity (Wildman–Crippen MR) is 75.0 cm³/mol. The van der Waals surface area contributed by atoms with E-state index in [4.69, 9.17) is 5.11 Å². The summed E-state index contributed by atoms with van der Waals surface area (Å²) in [6, 6.07) is 0. The van der Waals surface area contributed by atoms with Crippen LogP contribution in [0.15, 0.2) is 0 Å². The summed E-state index contributed by atoms with van der Waals surface area (Å²) in [4.78, 5) is 11.1. The maximum absolute atomic E-state index is 12.1. The number of halogens is 3. The van der Waals surface area contributed by atoms with Crippen molar-refractivity contribution in [1.82, 2.24) is 5.32 Å². The Bertz CT molecular complexity index is 334. The van der Waals surface area contributed by atoms with Gasteiger partial charge in [-0.15, -0.1) is 0 Å². The minimum absolute atomic E-state index is 0.0394. The second-order valence-electron chi connectivity index (χ2n) is 6.82. The maximum atomic E-state index is 12.1. The van der Waals surface area contributed by atoms with Crippen molar-refractivity contribution in [1.29, 1.82) is 0 Å². The topological polar surface area (TPSA) is 49.3 Å². The third kappa shape index (κ3) is 7.16. The van der Waals surface area contributed by atoms with Crippen LogP contribution in [-0.2, 0) is 4.79 Å². The minimum atomic E-state index is -4.12. The van der Waals surface area contributed by atoms with E-state index in [-0.39, 0.29) is 24.8 Å². The fourth-order valence-corrected chi connectivity index (χ4v) is 3.85. The van der Waals surface area contributed by atoms with Gasteiger partial charge in [0.05, 0.1) is 6.42 Å². The van der Waals surface area contributed by atoms with Gasteiger partial charge in [0.2, 0.25) is 0 Å². The van der Waals surface area contributed by atoms with Gasteiger partial charge in [-0.25, -0.2) is 0 Å². The number of carboxylic acid groups (broad SMARTS) is 1. The summed E-state index contributed by atoms with van der Waals surface area (Å²) < 4.78 is 36.2. The Morgan fingerprint density at radius 2 is 1.86 bits per heavy atom. The Morgan fingerprint density at radius 1 is 1.29 bits per heavy atom. The molecule has 0 amide bonds. The highest BCUT2D eigenvalue weighted by atomic mass is 19.4. The molecule has 0 radical (unpaired) electrons. The Hall–Kier alpha value is -0.780. The van der Waals surface area contributed by atoms with E-state index < -0.39 is 18.6 Å². The molecule has 1 fully saturated rings. The number of carbonyl (C=O) groups is 1. The first-order chi connectivity index (χ1) is 9.62. The zero-order valence-corrected chi connectivity index (χ0v) is 12.8. The Kier molecular flexibility index (Phi) is 6.50. The first kappa shape index (κ1) is 18.3. The van der Waals surface area contributed by atoms with Crippen LogP contribution < -0.4 is 5.32 Å². The van der Waals surface area contributed by atoms with E-state index in [1.165, 1.54) is 0 Å². The fourth-order valence-electron chi connectivity index (χ4n) is 3.85. The van der Waals surface area contributed by atoms with E-state index in [1.807, 2.05) is 0 Å². The van der Waals surface area contributed by atoms with E-state index in [0.29, 0.717) is 18.4 Å². The van der Waals surface area contributed by atoms with Crippen LogP contribution in [0.4, 0.5) is 13.2 Å². The molecule has 0 aromatic carbocycles. The lowest BCUT2D eigenvalue weighted by Crippen LogP contribution is -2.42. The van der Waals surface area contributed by atoms with Gasteiger partial charge in [-0.2, -0.15) is 13.2 Å². The van der Waals surface area contributed by atoms with Gasteiger partial charge in [-0.05, 0) is 49.5 Å². The molecule has 0 saturated heterocycles. The molecular weight excluding hydrogens is 283 g/mol. The monoisotopic (exact) mass is 309 g/mol. The second-order valence-corrected chi connectivity index (χ2v) is 6.82. The standard InChI is InChI=1S/C15H26F3NO2/c1-11-6-12(2)8-14(7-11,9-13(20)21)10-19-5-3-4-15(16,17)18/h11-12,19H,3-10H2,1-2H3,(H,20,21)/t11-,12+,14-. The molecule has 1 rings (SSSR count). The van der Waals surface area contributed by atoms with Gasteiger partial charge in [0.1, 0.15) is 0 Å². The number of rotatable bonds is 7. The van der Waals surface area contributed by atoms with Crippen molar-refractivity contribution in [2.45, 2.75) is 58.5 Å². The van der Waals surface area contributed by atoms with Crippen molar-refractivity contribution in [2.24, 2.45) is 17.3 Å². The van der Waals surface area contributed by atoms with Crippen molar-refractivity contribution in [3.8, 4) is 0 Å². The Labute approximate surface area is 124 Å². The van der Waals surface area contributed by atoms with Crippen LogP contribution in [-0.4, -0.2) is 30.3 Å². The maximum Gasteiger partial charge on any atom is 0.389 e. The largest absolute Gasteiger partial charge is 0.481 e. The summed E-state index contributed by atoms with van der Waals surface area (Å²) in [6.07, 6.45) is -2.03. The first-order valence-electron chi connectivity index (χ1n) is 7.61. The van der Waals surface area contributed by atoms with Crippen LogP contribution in [0.2, 0.25) is 0 Å². The summed E-state index contributed by atoms with van der Waals surface area (Å²) >= 11 is 0. The number of alkyl halides is 3. The molecule has 3 nitrogen and oxygen atoms in total. The van der Waals surface area contributed by atoms with Crippen LogP contribution in [0.5, 0.6) is 0 Å².